The summed E-state index contributed by atoms with van der Waals surface area (Å²) in [6.45, 7) is 0. The Bertz CT molecular complexity index is 681. The first-order valence-corrected chi connectivity index (χ1v) is 6.16. The maximum Gasteiger partial charge on any atom is 0.335 e. The summed E-state index contributed by atoms with van der Waals surface area (Å²) < 4.78 is 0. The average Bonchev–Trinajstić information content (AvgIpc) is 2.43. The quantitative estimate of drug-likeness (QED) is 0.506. The van der Waals surface area contributed by atoms with Gasteiger partial charge in [-0.05, 0) is 35.9 Å². The van der Waals surface area contributed by atoms with E-state index in [2.05, 4.69) is 5.32 Å². The van der Waals surface area contributed by atoms with E-state index >= 15 is 0 Å². The minimum Gasteiger partial charge on any atom is -0.506 e. The van der Waals surface area contributed by atoms with Crippen molar-refractivity contribution in [3.05, 3.63) is 53.6 Å². The van der Waals surface area contributed by atoms with Crippen LogP contribution in [0.3, 0.4) is 0 Å². The van der Waals surface area contributed by atoms with Crippen LogP contribution in [0.2, 0.25) is 0 Å². The fourth-order valence-electron chi connectivity index (χ4n) is 1.78. The molecule has 5 N–H and O–H groups in total. The Kier molecular flexibility index (Phi) is 4.08. The lowest BCUT2D eigenvalue weighted by molar-refractivity contribution is -0.115. The second-order valence-corrected chi connectivity index (χ2v) is 4.50. The third-order valence-corrected chi connectivity index (χ3v) is 2.86. The summed E-state index contributed by atoms with van der Waals surface area (Å²) in [7, 11) is 0. The van der Waals surface area contributed by atoms with Crippen LogP contribution in [0, 0.1) is 0 Å². The average molecular weight is 286 g/mol. The summed E-state index contributed by atoms with van der Waals surface area (Å²) in [6.07, 6.45) is 0.0943. The molecule has 0 aliphatic carbocycles. The Morgan fingerprint density at radius 1 is 1.10 bits per heavy atom. The molecule has 0 spiro atoms. The molecule has 0 unspecified atom stereocenters. The van der Waals surface area contributed by atoms with E-state index in [1.54, 1.807) is 24.3 Å². The summed E-state index contributed by atoms with van der Waals surface area (Å²) in [6, 6.07) is 10.5. The minimum atomic E-state index is -1.14. The van der Waals surface area contributed by atoms with Crippen molar-refractivity contribution in [2.45, 2.75) is 6.42 Å². The summed E-state index contributed by atoms with van der Waals surface area (Å²) in [5.41, 5.74) is 6.97. The summed E-state index contributed by atoms with van der Waals surface area (Å²) in [5.74, 6) is -1.69. The number of nitrogens with one attached hydrogen (secondary N) is 1. The highest BCUT2D eigenvalue weighted by Gasteiger charge is 2.11. The van der Waals surface area contributed by atoms with Gasteiger partial charge in [-0.1, -0.05) is 12.1 Å². The number of carbonyl (C=O) groups excluding carboxylic acids is 1. The Morgan fingerprint density at radius 3 is 2.38 bits per heavy atom. The fraction of sp³-hybridized carbons (Fsp3) is 0.0667. The molecule has 0 heterocycles. The van der Waals surface area contributed by atoms with Crippen LogP contribution in [0.15, 0.2) is 42.5 Å². The molecule has 0 radical (unpaired) electrons. The van der Waals surface area contributed by atoms with Crippen molar-refractivity contribution in [1.82, 2.24) is 0 Å². The molecule has 0 aromatic heterocycles. The predicted octanol–water partition coefficient (Wildman–Crippen LogP) is 1.85. The molecule has 2 aromatic carbocycles. The van der Waals surface area contributed by atoms with E-state index in [1.165, 1.54) is 18.2 Å². The zero-order valence-electron chi connectivity index (χ0n) is 11.0. The molecular formula is C15H14N2O4. The topological polar surface area (TPSA) is 113 Å². The Labute approximate surface area is 120 Å². The molecule has 0 aliphatic heterocycles. The number of phenolic OH excluding ortho intramolecular Hbond substituents is 1. The van der Waals surface area contributed by atoms with Crippen molar-refractivity contribution in [1.29, 1.82) is 0 Å². The Hall–Kier alpha value is -3.02. The van der Waals surface area contributed by atoms with Crippen LogP contribution < -0.4 is 11.1 Å². The van der Waals surface area contributed by atoms with Crippen LogP contribution in [0.4, 0.5) is 11.4 Å². The molecule has 0 saturated carbocycles. The van der Waals surface area contributed by atoms with E-state index in [1.807, 2.05) is 0 Å². The fourth-order valence-corrected chi connectivity index (χ4v) is 1.78. The lowest BCUT2D eigenvalue weighted by atomic mass is 10.1. The van der Waals surface area contributed by atoms with Crippen LogP contribution in [-0.4, -0.2) is 22.1 Å². The molecule has 2 rings (SSSR count). The maximum atomic E-state index is 11.9. The van der Waals surface area contributed by atoms with Crippen molar-refractivity contribution >= 4 is 23.3 Å². The molecule has 0 saturated heterocycles. The molecule has 6 nitrogen and oxygen atoms in total. The van der Waals surface area contributed by atoms with Crippen LogP contribution in [0.25, 0.3) is 0 Å². The van der Waals surface area contributed by atoms with Crippen LogP contribution in [-0.2, 0) is 11.2 Å². The lowest BCUT2D eigenvalue weighted by Crippen LogP contribution is -2.15. The molecule has 0 aliphatic rings. The number of nitrogens with two attached hydrogens (primary N) is 1. The first kappa shape index (κ1) is 14.4. The number of hydrogen-bond donors (Lipinski definition) is 4. The second kappa shape index (κ2) is 5.96. The number of carbonyl (C=O) groups is 2. The van der Waals surface area contributed by atoms with Crippen LogP contribution in [0.5, 0.6) is 5.75 Å². The van der Waals surface area contributed by atoms with Gasteiger partial charge in [0.25, 0.3) is 0 Å². The van der Waals surface area contributed by atoms with Crippen molar-refractivity contribution in [2.75, 3.05) is 11.1 Å². The smallest absolute Gasteiger partial charge is 0.335 e. The van der Waals surface area contributed by atoms with Crippen molar-refractivity contribution in [3.8, 4) is 5.75 Å². The number of amides is 1. The molecule has 108 valence electrons. The highest BCUT2D eigenvalue weighted by molar-refractivity contribution is 5.96. The third kappa shape index (κ3) is 3.73. The van der Waals surface area contributed by atoms with Gasteiger partial charge in [-0.25, -0.2) is 4.79 Å². The summed E-state index contributed by atoms with van der Waals surface area (Å²) >= 11 is 0. The zero-order valence-corrected chi connectivity index (χ0v) is 11.0. The number of phenols is 1. The Morgan fingerprint density at radius 2 is 1.76 bits per heavy atom. The first-order chi connectivity index (χ1) is 9.95. The standard InChI is InChI=1S/C15H14N2O4/c16-11-4-1-9(2-5-11)7-14(19)17-12-8-10(15(20)21)3-6-13(12)18/h1-6,8,18H,7,16H2,(H,17,19)(H,20,21). The summed E-state index contributed by atoms with van der Waals surface area (Å²) in [4.78, 5) is 22.8. The summed E-state index contributed by atoms with van der Waals surface area (Å²) in [5, 5.41) is 21.0. The van der Waals surface area contributed by atoms with Crippen molar-refractivity contribution < 1.29 is 19.8 Å². The van der Waals surface area contributed by atoms with Gasteiger partial charge in [0.2, 0.25) is 5.91 Å². The first-order valence-electron chi connectivity index (χ1n) is 6.16. The highest BCUT2D eigenvalue weighted by Crippen LogP contribution is 2.24. The van der Waals surface area contributed by atoms with Gasteiger partial charge in [-0.3, -0.25) is 4.79 Å². The van der Waals surface area contributed by atoms with Gasteiger partial charge >= 0.3 is 5.97 Å². The number of anilines is 2. The lowest BCUT2D eigenvalue weighted by Gasteiger charge is -2.08. The highest BCUT2D eigenvalue weighted by atomic mass is 16.4. The second-order valence-electron chi connectivity index (χ2n) is 4.50. The number of benzene rings is 2. The van der Waals surface area contributed by atoms with Crippen LogP contribution >= 0.6 is 0 Å². The number of carboxylic acid groups (broad SMARTS) is 1. The van der Waals surface area contributed by atoms with Gasteiger partial charge in [0.1, 0.15) is 5.75 Å². The predicted molar refractivity (Wildman–Crippen MR) is 78.3 cm³/mol. The number of hydrogen-bond acceptors (Lipinski definition) is 4. The number of aromatic carboxylic acids is 1. The molecular weight excluding hydrogens is 272 g/mol. The number of nitrogen functional groups attached to an aromatic ring is 1. The van der Waals surface area contributed by atoms with Crippen LogP contribution in [0.1, 0.15) is 15.9 Å². The van der Waals surface area contributed by atoms with E-state index in [0.717, 1.165) is 5.56 Å². The molecule has 0 atom stereocenters. The van der Waals surface area contributed by atoms with Gasteiger partial charge in [-0.2, -0.15) is 0 Å². The van der Waals surface area contributed by atoms with E-state index < -0.39 is 5.97 Å². The molecule has 21 heavy (non-hydrogen) atoms. The third-order valence-electron chi connectivity index (χ3n) is 2.86. The van der Waals surface area contributed by atoms with Gasteiger partial charge < -0.3 is 21.3 Å². The maximum absolute atomic E-state index is 11.9. The molecule has 0 fully saturated rings. The van der Waals surface area contributed by atoms with Gasteiger partial charge in [0.15, 0.2) is 0 Å². The zero-order chi connectivity index (χ0) is 15.4. The van der Waals surface area contributed by atoms with E-state index in [0.29, 0.717) is 5.69 Å². The van der Waals surface area contributed by atoms with Gasteiger partial charge in [0.05, 0.1) is 17.7 Å². The van der Waals surface area contributed by atoms with Gasteiger partial charge in [-0.15, -0.1) is 0 Å². The van der Waals surface area contributed by atoms with E-state index in [4.69, 9.17) is 10.8 Å². The normalized spacial score (nSPS) is 10.1. The van der Waals surface area contributed by atoms with Crippen molar-refractivity contribution in [3.63, 3.8) is 0 Å². The minimum absolute atomic E-state index is 0.0180. The number of rotatable bonds is 4. The number of aromatic hydroxyl groups is 1. The van der Waals surface area contributed by atoms with E-state index in [-0.39, 0.29) is 29.3 Å². The van der Waals surface area contributed by atoms with Crippen molar-refractivity contribution in [2.24, 2.45) is 0 Å². The van der Waals surface area contributed by atoms with E-state index in [9.17, 15) is 14.7 Å². The largest absolute Gasteiger partial charge is 0.506 e. The molecule has 2 aromatic rings. The molecule has 1 amide bonds. The monoisotopic (exact) mass is 286 g/mol. The molecule has 0 bridgehead atoms. The SMILES string of the molecule is Nc1ccc(CC(=O)Nc2cc(C(=O)O)ccc2O)cc1. The number of carboxylic acids is 1. The Balaban J connectivity index is 2.10. The van der Waals surface area contributed by atoms with Gasteiger partial charge in [0, 0.05) is 5.69 Å². The molecule has 6 heteroatoms.